The topological polar surface area (TPSA) is 16.3 Å². The summed E-state index contributed by atoms with van der Waals surface area (Å²) in [7, 11) is 0. The molecular weight excluding hydrogens is 861 g/mol. The fraction of sp³-hybridized carbons (Fsp3) is 0.0448. The standard InChI is InChI=1S/C67H46N4/c1-67(2)57-37-35-49-41-55(57)56-42-50(36-38-58(56)67)69(64-34-15-28-53-52-26-8-10-29-60(52)71(66(53)64)59-31-14-18-43-17-6-7-25-51(43)59)48-24-13-20-45(40-48)44-19-12-23-47(39-44)68(49)62-32-16-33-63-65(62)54-27-9-11-30-61(54)70(63)46-21-4-3-5-22-46/h3-42H,1-2H3. The van der Waals surface area contributed by atoms with Crippen molar-refractivity contribution in [1.29, 1.82) is 0 Å². The number of nitrogens with zero attached hydrogens (tertiary/aromatic N) is 4. The van der Waals surface area contributed by atoms with Crippen LogP contribution in [0.25, 0.3) is 88.0 Å². The lowest BCUT2D eigenvalue weighted by molar-refractivity contribution is 0.660. The molecule has 334 valence electrons. The molecule has 2 aromatic heterocycles. The summed E-state index contributed by atoms with van der Waals surface area (Å²) < 4.78 is 4.92. The minimum atomic E-state index is -0.213. The maximum atomic E-state index is 2.51. The summed E-state index contributed by atoms with van der Waals surface area (Å²) in [6, 6.07) is 90.3. The molecule has 0 radical (unpaired) electrons. The molecular formula is C67H46N4. The van der Waals surface area contributed by atoms with Gasteiger partial charge < -0.3 is 18.9 Å². The number of rotatable bonds is 4. The molecule has 13 aromatic rings. The van der Waals surface area contributed by atoms with E-state index in [9.17, 15) is 0 Å². The van der Waals surface area contributed by atoms with Crippen LogP contribution in [0, 0.1) is 0 Å². The van der Waals surface area contributed by atoms with Gasteiger partial charge in [0.25, 0.3) is 0 Å². The highest BCUT2D eigenvalue weighted by atomic mass is 15.2. The zero-order valence-electron chi connectivity index (χ0n) is 39.4. The molecule has 4 nitrogen and oxygen atoms in total. The van der Waals surface area contributed by atoms with Crippen molar-refractivity contribution in [3.8, 4) is 33.6 Å². The molecule has 0 saturated carbocycles. The number of anilines is 6. The van der Waals surface area contributed by atoms with Gasteiger partial charge in [0.15, 0.2) is 0 Å². The molecule has 3 heterocycles. The summed E-state index contributed by atoms with van der Waals surface area (Å²) in [6.07, 6.45) is 0. The van der Waals surface area contributed by atoms with E-state index in [-0.39, 0.29) is 5.41 Å². The molecule has 0 saturated heterocycles. The predicted molar refractivity (Wildman–Crippen MR) is 299 cm³/mol. The first-order valence-corrected chi connectivity index (χ1v) is 24.7. The highest BCUT2D eigenvalue weighted by Gasteiger charge is 2.37. The molecule has 0 atom stereocenters. The molecule has 1 aliphatic carbocycles. The smallest absolute Gasteiger partial charge is 0.0782 e. The third-order valence-electron chi connectivity index (χ3n) is 15.6. The van der Waals surface area contributed by atoms with Gasteiger partial charge in [-0.1, -0.05) is 159 Å². The zero-order valence-corrected chi connectivity index (χ0v) is 39.4. The Morgan fingerprint density at radius 3 is 1.51 bits per heavy atom. The molecule has 8 bridgehead atoms. The lowest BCUT2D eigenvalue weighted by Gasteiger charge is -2.29. The second-order valence-electron chi connectivity index (χ2n) is 19.7. The second kappa shape index (κ2) is 14.9. The van der Waals surface area contributed by atoms with Crippen LogP contribution in [-0.4, -0.2) is 9.13 Å². The van der Waals surface area contributed by atoms with E-state index in [4.69, 9.17) is 0 Å². The van der Waals surface area contributed by atoms with E-state index in [1.807, 2.05) is 0 Å². The lowest BCUT2D eigenvalue weighted by Crippen LogP contribution is -2.16. The van der Waals surface area contributed by atoms with Crippen LogP contribution in [0.2, 0.25) is 0 Å². The molecule has 0 fully saturated rings. The molecule has 71 heavy (non-hydrogen) atoms. The van der Waals surface area contributed by atoms with E-state index in [0.29, 0.717) is 0 Å². The summed E-state index contributed by atoms with van der Waals surface area (Å²) >= 11 is 0. The number of hydrogen-bond donors (Lipinski definition) is 0. The first-order valence-electron chi connectivity index (χ1n) is 24.7. The quantitative estimate of drug-likeness (QED) is 0.175. The average Bonchev–Trinajstić information content (AvgIpc) is 4.02. The van der Waals surface area contributed by atoms with E-state index in [2.05, 4.69) is 275 Å². The molecule has 11 aromatic carbocycles. The minimum absolute atomic E-state index is 0.213. The zero-order chi connectivity index (χ0) is 47.0. The van der Waals surface area contributed by atoms with Crippen LogP contribution in [0.3, 0.4) is 0 Å². The summed E-state index contributed by atoms with van der Waals surface area (Å²) in [6.45, 7) is 4.77. The van der Waals surface area contributed by atoms with Gasteiger partial charge in [0.2, 0.25) is 0 Å². The maximum absolute atomic E-state index is 2.51. The highest BCUT2D eigenvalue weighted by Crippen LogP contribution is 2.54. The molecule has 0 amide bonds. The van der Waals surface area contributed by atoms with Crippen molar-refractivity contribution in [3.05, 3.63) is 254 Å². The lowest BCUT2D eigenvalue weighted by atomic mass is 9.82. The summed E-state index contributed by atoms with van der Waals surface area (Å²) in [4.78, 5) is 5.00. The molecule has 2 aliphatic rings. The van der Waals surface area contributed by atoms with Gasteiger partial charge in [0.05, 0.1) is 39.1 Å². The Morgan fingerprint density at radius 2 is 0.789 bits per heavy atom. The number of para-hydroxylation sites is 4. The van der Waals surface area contributed by atoms with Crippen molar-refractivity contribution in [2.75, 3.05) is 9.80 Å². The largest absolute Gasteiger partial charge is 0.310 e. The molecule has 4 heteroatoms. The summed E-state index contributed by atoms with van der Waals surface area (Å²) in [5, 5.41) is 7.32. The number of fused-ring (bicyclic) bond motifs is 14. The van der Waals surface area contributed by atoms with Gasteiger partial charge in [-0.25, -0.2) is 0 Å². The van der Waals surface area contributed by atoms with Crippen molar-refractivity contribution in [2.45, 2.75) is 19.3 Å². The van der Waals surface area contributed by atoms with E-state index in [0.717, 1.165) is 56.6 Å². The van der Waals surface area contributed by atoms with Gasteiger partial charge in [0.1, 0.15) is 0 Å². The summed E-state index contributed by atoms with van der Waals surface area (Å²) in [5.41, 5.74) is 20.9. The van der Waals surface area contributed by atoms with E-state index < -0.39 is 0 Å². The number of aromatic nitrogens is 2. The van der Waals surface area contributed by atoms with Crippen LogP contribution in [0.4, 0.5) is 34.1 Å². The first kappa shape index (κ1) is 39.8. The van der Waals surface area contributed by atoms with Gasteiger partial charge in [0, 0.05) is 60.8 Å². The van der Waals surface area contributed by atoms with Crippen LogP contribution < -0.4 is 9.80 Å². The van der Waals surface area contributed by atoms with E-state index in [1.54, 1.807) is 0 Å². The SMILES string of the molecule is CC1(C)c2ccc3cc2-c2cc(ccc21)N(c1cccc2c4ccccc4n(-c4cccc5ccccc45)c12)c1cccc(c1)-c1cccc(c1)N3c1cccc2c1c1ccccc1n2-c1ccccc1. The minimum Gasteiger partial charge on any atom is -0.310 e. The third kappa shape index (κ3) is 5.73. The highest BCUT2D eigenvalue weighted by molar-refractivity contribution is 6.18. The van der Waals surface area contributed by atoms with Crippen LogP contribution in [-0.2, 0) is 5.41 Å². The molecule has 15 rings (SSSR count). The Hall–Kier alpha value is -9.12. The Balaban J connectivity index is 1.02. The Labute approximate surface area is 412 Å². The molecule has 0 N–H and O–H groups in total. The van der Waals surface area contributed by atoms with Gasteiger partial charge in [-0.3, -0.25) is 0 Å². The average molecular weight is 907 g/mol. The normalized spacial score (nSPS) is 13.5. The third-order valence-corrected chi connectivity index (χ3v) is 15.6. The van der Waals surface area contributed by atoms with Crippen molar-refractivity contribution in [3.63, 3.8) is 0 Å². The van der Waals surface area contributed by atoms with Crippen molar-refractivity contribution < 1.29 is 0 Å². The van der Waals surface area contributed by atoms with Crippen molar-refractivity contribution in [2.24, 2.45) is 0 Å². The van der Waals surface area contributed by atoms with Crippen LogP contribution in [0.5, 0.6) is 0 Å². The van der Waals surface area contributed by atoms with Gasteiger partial charge in [-0.05, 0) is 136 Å². The van der Waals surface area contributed by atoms with Gasteiger partial charge in [-0.2, -0.15) is 0 Å². The first-order chi connectivity index (χ1) is 35.0. The number of benzene rings is 11. The Morgan fingerprint density at radius 1 is 0.310 bits per heavy atom. The van der Waals surface area contributed by atoms with Gasteiger partial charge >= 0.3 is 0 Å². The fourth-order valence-corrected chi connectivity index (χ4v) is 12.4. The predicted octanol–water partition coefficient (Wildman–Crippen LogP) is 18.3. The van der Waals surface area contributed by atoms with E-state index in [1.165, 1.54) is 76.6 Å². The fourth-order valence-electron chi connectivity index (χ4n) is 12.4. The Bertz CT molecular complexity index is 4340. The maximum Gasteiger partial charge on any atom is 0.0782 e. The van der Waals surface area contributed by atoms with Crippen LogP contribution in [0.1, 0.15) is 25.0 Å². The molecule has 0 spiro atoms. The summed E-state index contributed by atoms with van der Waals surface area (Å²) in [5.74, 6) is 0. The number of hydrogen-bond acceptors (Lipinski definition) is 2. The van der Waals surface area contributed by atoms with Gasteiger partial charge in [-0.15, -0.1) is 0 Å². The van der Waals surface area contributed by atoms with Crippen LogP contribution in [0.15, 0.2) is 243 Å². The Kier molecular flexibility index (Phi) is 8.38. The second-order valence-corrected chi connectivity index (χ2v) is 19.7. The monoisotopic (exact) mass is 906 g/mol. The van der Waals surface area contributed by atoms with Crippen molar-refractivity contribution >= 4 is 88.5 Å². The molecule has 0 unspecified atom stereocenters. The molecule has 1 aliphatic heterocycles. The van der Waals surface area contributed by atoms with E-state index >= 15 is 0 Å². The van der Waals surface area contributed by atoms with Crippen molar-refractivity contribution in [1.82, 2.24) is 9.13 Å². The van der Waals surface area contributed by atoms with Crippen LogP contribution >= 0.6 is 0 Å².